The Morgan fingerprint density at radius 1 is 1.24 bits per heavy atom. The first-order valence-corrected chi connectivity index (χ1v) is 8.82. The van der Waals surface area contributed by atoms with Crippen LogP contribution in [-0.4, -0.2) is 41.5 Å². The lowest BCUT2D eigenvalue weighted by Gasteiger charge is -2.41. The molecule has 1 saturated carbocycles. The van der Waals surface area contributed by atoms with Crippen LogP contribution in [0, 0.1) is 5.92 Å². The molecule has 21 heavy (non-hydrogen) atoms. The number of nitrogens with zero attached hydrogens (tertiary/aromatic N) is 1. The summed E-state index contributed by atoms with van der Waals surface area (Å²) in [5.41, 5.74) is 5.31. The zero-order valence-corrected chi connectivity index (χ0v) is 14.0. The van der Waals surface area contributed by atoms with Crippen molar-refractivity contribution in [3.05, 3.63) is 0 Å². The monoisotopic (exact) mass is 295 g/mol. The Labute approximate surface area is 129 Å². The number of nitrogens with two attached hydrogens (primary N) is 1. The van der Waals surface area contributed by atoms with Gasteiger partial charge in [-0.2, -0.15) is 0 Å². The third kappa shape index (κ3) is 3.42. The number of amides is 1. The molecule has 1 aliphatic heterocycles. The first-order chi connectivity index (χ1) is 10.0. The number of carbonyl (C=O) groups is 1. The lowest BCUT2D eigenvalue weighted by molar-refractivity contribution is -0.126. The molecule has 2 fully saturated rings. The Balaban J connectivity index is 1.99. The smallest absolute Gasteiger partial charge is 0.238 e. The highest BCUT2D eigenvalue weighted by Gasteiger charge is 2.47. The highest BCUT2D eigenvalue weighted by Crippen LogP contribution is 2.38. The van der Waals surface area contributed by atoms with E-state index in [1.165, 1.54) is 19.3 Å². The standard InChI is InChI=1S/C17H33N3O/c1-4-19-17(16(18)21)11-6-9-15(17)10-12-20-13(2)7-5-8-14(20)3/h13-15,19H,4-12H2,1-3H3,(H2,18,21)/t13-,14+,15?,17?. The van der Waals surface area contributed by atoms with Gasteiger partial charge in [0.05, 0.1) is 0 Å². The molecule has 1 saturated heterocycles. The molecule has 4 nitrogen and oxygen atoms in total. The summed E-state index contributed by atoms with van der Waals surface area (Å²) in [6.07, 6.45) is 8.21. The average Bonchev–Trinajstić information content (AvgIpc) is 2.83. The first-order valence-electron chi connectivity index (χ1n) is 8.82. The fraction of sp³-hybridized carbons (Fsp3) is 0.941. The number of carbonyl (C=O) groups excluding carboxylic acids is 1. The van der Waals surface area contributed by atoms with Gasteiger partial charge in [0.1, 0.15) is 5.54 Å². The van der Waals surface area contributed by atoms with Gasteiger partial charge in [0, 0.05) is 12.1 Å². The predicted molar refractivity (Wildman–Crippen MR) is 87.0 cm³/mol. The van der Waals surface area contributed by atoms with E-state index in [1.54, 1.807) is 0 Å². The minimum atomic E-state index is -0.447. The minimum Gasteiger partial charge on any atom is -0.368 e. The minimum absolute atomic E-state index is 0.147. The van der Waals surface area contributed by atoms with E-state index in [4.69, 9.17) is 5.73 Å². The fourth-order valence-corrected chi connectivity index (χ4v) is 4.65. The number of rotatable bonds is 6. The number of hydrogen-bond acceptors (Lipinski definition) is 3. The maximum atomic E-state index is 12.0. The third-order valence-corrected chi connectivity index (χ3v) is 5.86. The Morgan fingerprint density at radius 2 is 1.90 bits per heavy atom. The lowest BCUT2D eigenvalue weighted by Crippen LogP contribution is -2.58. The summed E-state index contributed by atoms with van der Waals surface area (Å²) in [6.45, 7) is 8.67. The number of primary amides is 1. The molecule has 122 valence electrons. The van der Waals surface area contributed by atoms with Crippen molar-refractivity contribution >= 4 is 5.91 Å². The van der Waals surface area contributed by atoms with Crippen LogP contribution in [-0.2, 0) is 4.79 Å². The van der Waals surface area contributed by atoms with Crippen LogP contribution in [0.3, 0.4) is 0 Å². The van der Waals surface area contributed by atoms with Crippen LogP contribution >= 0.6 is 0 Å². The van der Waals surface area contributed by atoms with Crippen LogP contribution in [0.25, 0.3) is 0 Å². The van der Waals surface area contributed by atoms with Crippen molar-refractivity contribution in [3.63, 3.8) is 0 Å². The van der Waals surface area contributed by atoms with Gasteiger partial charge in [-0.3, -0.25) is 9.69 Å². The van der Waals surface area contributed by atoms with Crippen LogP contribution in [0.4, 0.5) is 0 Å². The summed E-state index contributed by atoms with van der Waals surface area (Å²) in [7, 11) is 0. The number of nitrogens with one attached hydrogen (secondary N) is 1. The van der Waals surface area contributed by atoms with Gasteiger partial charge in [0.25, 0.3) is 0 Å². The Morgan fingerprint density at radius 3 is 2.48 bits per heavy atom. The molecule has 2 unspecified atom stereocenters. The third-order valence-electron chi connectivity index (χ3n) is 5.86. The largest absolute Gasteiger partial charge is 0.368 e. The van der Waals surface area contributed by atoms with E-state index >= 15 is 0 Å². The van der Waals surface area contributed by atoms with Gasteiger partial charge in [-0.15, -0.1) is 0 Å². The van der Waals surface area contributed by atoms with Gasteiger partial charge < -0.3 is 11.1 Å². The highest BCUT2D eigenvalue weighted by molar-refractivity contribution is 5.85. The van der Waals surface area contributed by atoms with Crippen LogP contribution < -0.4 is 11.1 Å². The zero-order chi connectivity index (χ0) is 15.5. The van der Waals surface area contributed by atoms with Crippen LogP contribution in [0.5, 0.6) is 0 Å². The summed E-state index contributed by atoms with van der Waals surface area (Å²) in [4.78, 5) is 14.7. The highest BCUT2D eigenvalue weighted by atomic mass is 16.1. The molecule has 0 aromatic heterocycles. The lowest BCUT2D eigenvalue weighted by atomic mass is 9.83. The molecule has 0 radical (unpaired) electrons. The van der Waals surface area contributed by atoms with E-state index in [2.05, 4.69) is 31.0 Å². The quantitative estimate of drug-likeness (QED) is 0.790. The van der Waals surface area contributed by atoms with Gasteiger partial charge >= 0.3 is 0 Å². The van der Waals surface area contributed by atoms with E-state index in [9.17, 15) is 4.79 Å². The molecule has 1 aliphatic carbocycles. The molecule has 0 bridgehead atoms. The van der Waals surface area contributed by atoms with E-state index in [1.807, 2.05) is 0 Å². The van der Waals surface area contributed by atoms with E-state index in [0.717, 1.165) is 38.8 Å². The molecule has 4 heteroatoms. The fourth-order valence-electron chi connectivity index (χ4n) is 4.65. The molecule has 3 N–H and O–H groups in total. The van der Waals surface area contributed by atoms with Crippen LogP contribution in [0.15, 0.2) is 0 Å². The van der Waals surface area contributed by atoms with E-state index in [0.29, 0.717) is 18.0 Å². The maximum Gasteiger partial charge on any atom is 0.238 e. The zero-order valence-electron chi connectivity index (χ0n) is 14.0. The molecular formula is C17H33N3O. The molecule has 1 heterocycles. The van der Waals surface area contributed by atoms with Crippen LogP contribution in [0.1, 0.15) is 65.7 Å². The molecule has 2 rings (SSSR count). The van der Waals surface area contributed by atoms with Crippen molar-refractivity contribution < 1.29 is 4.79 Å². The van der Waals surface area contributed by atoms with Crippen LogP contribution in [0.2, 0.25) is 0 Å². The number of likely N-dealkylation sites (tertiary alicyclic amines) is 1. The molecule has 2 aliphatic rings. The molecular weight excluding hydrogens is 262 g/mol. The Kier molecular flexibility index (Phi) is 5.67. The topological polar surface area (TPSA) is 58.4 Å². The molecule has 0 aromatic carbocycles. The first kappa shape index (κ1) is 16.8. The molecule has 0 spiro atoms. The SMILES string of the molecule is CCNC1(C(N)=O)CCCC1CCN1[C@H](C)CCC[C@@H]1C. The number of likely N-dealkylation sites (N-methyl/N-ethyl adjacent to an activating group) is 1. The summed E-state index contributed by atoms with van der Waals surface area (Å²) >= 11 is 0. The van der Waals surface area contributed by atoms with E-state index < -0.39 is 5.54 Å². The van der Waals surface area contributed by atoms with Crippen molar-refractivity contribution in [2.75, 3.05) is 13.1 Å². The predicted octanol–water partition coefficient (Wildman–Crippen LogP) is 2.27. The Hall–Kier alpha value is -0.610. The van der Waals surface area contributed by atoms with E-state index in [-0.39, 0.29) is 5.91 Å². The van der Waals surface area contributed by atoms with Crippen molar-refractivity contribution in [1.82, 2.24) is 10.2 Å². The second-order valence-corrected chi connectivity index (χ2v) is 7.11. The molecule has 1 amide bonds. The average molecular weight is 295 g/mol. The summed E-state index contributed by atoms with van der Waals surface area (Å²) < 4.78 is 0. The van der Waals surface area contributed by atoms with Crippen molar-refractivity contribution in [3.8, 4) is 0 Å². The maximum absolute atomic E-state index is 12.0. The molecule has 4 atom stereocenters. The van der Waals surface area contributed by atoms with Gasteiger partial charge in [-0.1, -0.05) is 19.8 Å². The van der Waals surface area contributed by atoms with Crippen molar-refractivity contribution in [2.45, 2.75) is 83.3 Å². The summed E-state index contributed by atoms with van der Waals surface area (Å²) in [5, 5.41) is 3.42. The summed E-state index contributed by atoms with van der Waals surface area (Å²) in [6, 6.07) is 1.36. The van der Waals surface area contributed by atoms with Gasteiger partial charge in [-0.25, -0.2) is 0 Å². The Bertz CT molecular complexity index is 350. The van der Waals surface area contributed by atoms with Gasteiger partial charge in [-0.05, 0) is 65.0 Å². The normalized spacial score (nSPS) is 37.8. The second kappa shape index (κ2) is 7.10. The van der Waals surface area contributed by atoms with Crippen molar-refractivity contribution in [1.29, 1.82) is 0 Å². The van der Waals surface area contributed by atoms with Gasteiger partial charge in [0.15, 0.2) is 0 Å². The second-order valence-electron chi connectivity index (χ2n) is 7.11. The number of hydrogen-bond donors (Lipinski definition) is 2. The summed E-state index contributed by atoms with van der Waals surface area (Å²) in [5.74, 6) is 0.253. The number of piperidine rings is 1. The molecule has 0 aromatic rings. The van der Waals surface area contributed by atoms with Crippen molar-refractivity contribution in [2.24, 2.45) is 11.7 Å². The van der Waals surface area contributed by atoms with Gasteiger partial charge in [0.2, 0.25) is 5.91 Å².